The number of ether oxygens (including phenoxy) is 1. The fourth-order valence-corrected chi connectivity index (χ4v) is 4.92. The number of aryl methyl sites for hydroxylation is 2. The van der Waals surface area contributed by atoms with Crippen LogP contribution in [0.5, 0.6) is 11.6 Å². The average Bonchev–Trinajstić information content (AvgIpc) is 2.76. The molecule has 168 valence electrons. The van der Waals surface area contributed by atoms with E-state index in [0.29, 0.717) is 22.8 Å². The maximum Gasteiger partial charge on any atom is 0.241 e. The smallest absolute Gasteiger partial charge is 0.241 e. The van der Waals surface area contributed by atoms with Crippen LogP contribution in [0.25, 0.3) is 0 Å². The number of aromatic nitrogens is 1. The molecule has 7 nitrogen and oxygen atoms in total. The van der Waals surface area contributed by atoms with Crippen molar-refractivity contribution in [2.45, 2.75) is 39.1 Å². The lowest BCUT2D eigenvalue weighted by Crippen LogP contribution is -2.37. The molecule has 0 bridgehead atoms. The lowest BCUT2D eigenvalue weighted by Gasteiger charge is -2.16. The number of carbonyl (C=O) groups is 1. The van der Waals surface area contributed by atoms with E-state index in [0.717, 1.165) is 16.7 Å². The van der Waals surface area contributed by atoms with Gasteiger partial charge in [0.15, 0.2) is 0 Å². The highest BCUT2D eigenvalue weighted by Crippen LogP contribution is 2.25. The number of hydrogen-bond donors (Lipinski definition) is 2. The normalized spacial score (nSPS) is 11.2. The Morgan fingerprint density at radius 2 is 1.69 bits per heavy atom. The van der Waals surface area contributed by atoms with Crippen LogP contribution in [-0.2, 0) is 21.4 Å². The standard InChI is InChI=1S/C24H27N3O4S/c1-16-12-17(2)19(4)24(18(16)3)32(29,30)27-15-22(28)26-14-20-8-7-9-21(13-20)31-23-10-5-6-11-25-23/h5-13,27H,14-15H2,1-4H3,(H,26,28). The predicted molar refractivity (Wildman–Crippen MR) is 123 cm³/mol. The summed E-state index contributed by atoms with van der Waals surface area (Å²) in [6, 6.07) is 14.6. The van der Waals surface area contributed by atoms with Crippen LogP contribution in [0.1, 0.15) is 27.8 Å². The molecule has 1 amide bonds. The molecule has 0 aliphatic rings. The summed E-state index contributed by atoms with van der Waals surface area (Å²) in [7, 11) is -3.82. The molecule has 3 rings (SSSR count). The van der Waals surface area contributed by atoms with Gasteiger partial charge in [-0.25, -0.2) is 18.1 Å². The first-order valence-electron chi connectivity index (χ1n) is 10.2. The van der Waals surface area contributed by atoms with Gasteiger partial charge in [-0.1, -0.05) is 24.3 Å². The minimum atomic E-state index is -3.82. The van der Waals surface area contributed by atoms with E-state index in [2.05, 4.69) is 15.0 Å². The van der Waals surface area contributed by atoms with E-state index in [-0.39, 0.29) is 18.0 Å². The summed E-state index contributed by atoms with van der Waals surface area (Å²) < 4.78 is 33.8. The van der Waals surface area contributed by atoms with Crippen LogP contribution >= 0.6 is 0 Å². The van der Waals surface area contributed by atoms with Crippen molar-refractivity contribution in [3.63, 3.8) is 0 Å². The Bertz CT molecular complexity index is 1200. The molecule has 0 aliphatic carbocycles. The first-order chi connectivity index (χ1) is 15.2. The van der Waals surface area contributed by atoms with Crippen molar-refractivity contribution in [2.24, 2.45) is 0 Å². The van der Waals surface area contributed by atoms with E-state index < -0.39 is 15.9 Å². The molecule has 0 fully saturated rings. The molecule has 3 aromatic rings. The fraction of sp³-hybridized carbons (Fsp3) is 0.250. The second kappa shape index (κ2) is 9.93. The SMILES string of the molecule is Cc1cc(C)c(C)c(S(=O)(=O)NCC(=O)NCc2cccc(Oc3ccccn3)c2)c1C. The highest BCUT2D eigenvalue weighted by Gasteiger charge is 2.22. The minimum absolute atomic E-state index is 0.238. The van der Waals surface area contributed by atoms with Crippen LogP contribution in [0.2, 0.25) is 0 Å². The lowest BCUT2D eigenvalue weighted by atomic mass is 10.0. The third kappa shape index (κ3) is 5.72. The molecule has 2 N–H and O–H groups in total. The van der Waals surface area contributed by atoms with Gasteiger partial charge in [0.1, 0.15) is 5.75 Å². The van der Waals surface area contributed by atoms with Crippen LogP contribution < -0.4 is 14.8 Å². The second-order valence-corrected chi connectivity index (χ2v) is 9.31. The molecule has 32 heavy (non-hydrogen) atoms. The van der Waals surface area contributed by atoms with Gasteiger partial charge in [-0.2, -0.15) is 0 Å². The van der Waals surface area contributed by atoms with Crippen molar-refractivity contribution in [2.75, 3.05) is 6.54 Å². The summed E-state index contributed by atoms with van der Waals surface area (Å²) in [5.74, 6) is 0.640. The van der Waals surface area contributed by atoms with Gasteiger partial charge in [0.25, 0.3) is 0 Å². The van der Waals surface area contributed by atoms with Crippen molar-refractivity contribution in [1.29, 1.82) is 0 Å². The summed E-state index contributed by atoms with van der Waals surface area (Å²) in [6.45, 7) is 7.19. The molecule has 0 unspecified atom stereocenters. The van der Waals surface area contributed by atoms with Crippen LogP contribution in [0.4, 0.5) is 0 Å². The number of benzene rings is 2. The maximum absolute atomic E-state index is 12.9. The molecule has 0 saturated heterocycles. The van der Waals surface area contributed by atoms with Gasteiger partial charge in [0.2, 0.25) is 21.8 Å². The molecule has 0 aliphatic heterocycles. The van der Waals surface area contributed by atoms with E-state index >= 15 is 0 Å². The molecule has 2 aromatic carbocycles. The van der Waals surface area contributed by atoms with E-state index in [1.807, 2.05) is 38.1 Å². The Hall–Kier alpha value is -3.23. The number of carbonyl (C=O) groups excluding carboxylic acids is 1. The van der Waals surface area contributed by atoms with Gasteiger partial charge in [0.05, 0.1) is 11.4 Å². The summed E-state index contributed by atoms with van der Waals surface area (Å²) in [5.41, 5.74) is 3.98. The summed E-state index contributed by atoms with van der Waals surface area (Å²) in [4.78, 5) is 16.6. The second-order valence-electron chi connectivity index (χ2n) is 7.61. The Labute approximate surface area is 188 Å². The van der Waals surface area contributed by atoms with E-state index in [9.17, 15) is 13.2 Å². The van der Waals surface area contributed by atoms with Gasteiger partial charge in [0, 0.05) is 18.8 Å². The van der Waals surface area contributed by atoms with Crippen molar-refractivity contribution >= 4 is 15.9 Å². The molecule has 0 saturated carbocycles. The minimum Gasteiger partial charge on any atom is -0.439 e. The Morgan fingerprint density at radius 3 is 2.34 bits per heavy atom. The van der Waals surface area contributed by atoms with Gasteiger partial charge in [-0.05, 0) is 73.7 Å². The predicted octanol–water partition coefficient (Wildman–Crippen LogP) is 3.70. The lowest BCUT2D eigenvalue weighted by molar-refractivity contribution is -0.120. The Balaban J connectivity index is 1.60. The zero-order chi connectivity index (χ0) is 23.3. The molecule has 0 atom stereocenters. The highest BCUT2D eigenvalue weighted by atomic mass is 32.2. The quantitative estimate of drug-likeness (QED) is 0.542. The van der Waals surface area contributed by atoms with Crippen molar-refractivity contribution in [1.82, 2.24) is 15.0 Å². The Kier molecular flexibility index (Phi) is 7.27. The van der Waals surface area contributed by atoms with Crippen LogP contribution in [0.3, 0.4) is 0 Å². The maximum atomic E-state index is 12.9. The first-order valence-corrected chi connectivity index (χ1v) is 11.7. The summed E-state index contributed by atoms with van der Waals surface area (Å²) in [6.07, 6.45) is 1.64. The summed E-state index contributed by atoms with van der Waals surface area (Å²) in [5, 5.41) is 2.73. The van der Waals surface area contributed by atoms with E-state index in [1.54, 1.807) is 44.3 Å². The van der Waals surface area contributed by atoms with Gasteiger partial charge in [-0.15, -0.1) is 0 Å². The number of sulfonamides is 1. The third-order valence-electron chi connectivity index (χ3n) is 5.24. The number of amides is 1. The van der Waals surface area contributed by atoms with Crippen LogP contribution in [-0.4, -0.2) is 25.9 Å². The fourth-order valence-electron chi connectivity index (χ4n) is 3.33. The third-order valence-corrected chi connectivity index (χ3v) is 6.91. The Morgan fingerprint density at radius 1 is 0.969 bits per heavy atom. The topological polar surface area (TPSA) is 97.4 Å². The van der Waals surface area contributed by atoms with Gasteiger partial charge >= 0.3 is 0 Å². The molecule has 8 heteroatoms. The monoisotopic (exact) mass is 453 g/mol. The number of nitrogens with one attached hydrogen (secondary N) is 2. The van der Waals surface area contributed by atoms with Crippen molar-refractivity contribution < 1.29 is 17.9 Å². The molecule has 0 radical (unpaired) electrons. The van der Waals surface area contributed by atoms with Crippen LogP contribution in [0.15, 0.2) is 59.6 Å². The molecular weight excluding hydrogens is 426 g/mol. The van der Waals surface area contributed by atoms with Gasteiger partial charge in [-0.3, -0.25) is 4.79 Å². The van der Waals surface area contributed by atoms with Crippen LogP contribution in [0, 0.1) is 27.7 Å². The van der Waals surface area contributed by atoms with Crippen molar-refractivity contribution in [3.8, 4) is 11.6 Å². The molecule has 1 aromatic heterocycles. The number of nitrogens with zero attached hydrogens (tertiary/aromatic N) is 1. The molecule has 0 spiro atoms. The zero-order valence-corrected chi connectivity index (χ0v) is 19.4. The highest BCUT2D eigenvalue weighted by molar-refractivity contribution is 7.89. The number of pyridine rings is 1. The summed E-state index contributed by atoms with van der Waals surface area (Å²) >= 11 is 0. The first kappa shape index (κ1) is 23.4. The largest absolute Gasteiger partial charge is 0.439 e. The number of rotatable bonds is 8. The van der Waals surface area contributed by atoms with Crippen molar-refractivity contribution in [3.05, 3.63) is 82.5 Å². The number of hydrogen-bond acceptors (Lipinski definition) is 5. The van der Waals surface area contributed by atoms with Gasteiger partial charge < -0.3 is 10.1 Å². The zero-order valence-electron chi connectivity index (χ0n) is 18.6. The molecule has 1 heterocycles. The van der Waals surface area contributed by atoms with E-state index in [4.69, 9.17) is 4.74 Å². The molecular formula is C24H27N3O4S. The average molecular weight is 454 g/mol. The van der Waals surface area contributed by atoms with E-state index in [1.165, 1.54) is 0 Å².